The summed E-state index contributed by atoms with van der Waals surface area (Å²) in [5.74, 6) is -0.104. The number of hydrogen-bond acceptors (Lipinski definition) is 6. The lowest BCUT2D eigenvalue weighted by atomic mass is 10.0. The normalized spacial score (nSPS) is 18.0. The van der Waals surface area contributed by atoms with Crippen LogP contribution in [0.4, 0.5) is 11.4 Å². The highest BCUT2D eigenvalue weighted by Gasteiger charge is 2.22. The number of thiophene rings is 1. The summed E-state index contributed by atoms with van der Waals surface area (Å²) in [5.41, 5.74) is 5.44. The molecule has 3 atom stereocenters. The van der Waals surface area contributed by atoms with Crippen molar-refractivity contribution in [2.45, 2.75) is 57.8 Å². The number of aliphatic hydroxyl groups excluding tert-OH is 1. The minimum absolute atomic E-state index is 0.104. The molecule has 5 N–H and O–H groups in total. The van der Waals surface area contributed by atoms with E-state index < -0.39 is 0 Å². The van der Waals surface area contributed by atoms with Gasteiger partial charge >= 0.3 is 0 Å². The number of hydrogen-bond donors (Lipinski definition) is 5. The summed E-state index contributed by atoms with van der Waals surface area (Å²) in [6.07, 6.45) is 6.07. The first kappa shape index (κ1) is 25.2. The van der Waals surface area contributed by atoms with Gasteiger partial charge in [0.25, 0.3) is 5.91 Å². The van der Waals surface area contributed by atoms with Gasteiger partial charge in [-0.05, 0) is 80.1 Å². The van der Waals surface area contributed by atoms with Crippen molar-refractivity contribution in [3.05, 3.63) is 88.6 Å². The third-order valence-corrected chi connectivity index (χ3v) is 8.05. The Hall–Kier alpha value is -3.46. The molecular weight excluding hydrogens is 482 g/mol. The molecule has 0 aliphatic heterocycles. The second-order valence-corrected chi connectivity index (χ2v) is 10.9. The molecule has 1 fully saturated rings. The molecule has 8 heteroatoms. The summed E-state index contributed by atoms with van der Waals surface area (Å²) < 4.78 is 0. The average molecular weight is 516 g/mol. The van der Waals surface area contributed by atoms with Crippen LogP contribution in [0.25, 0.3) is 10.4 Å². The third-order valence-electron chi connectivity index (χ3n) is 6.92. The van der Waals surface area contributed by atoms with Crippen LogP contribution in [0.3, 0.4) is 0 Å². The van der Waals surface area contributed by atoms with Gasteiger partial charge in [-0.25, -0.2) is 0 Å². The molecule has 2 heterocycles. The van der Waals surface area contributed by atoms with Crippen LogP contribution in [0.5, 0.6) is 0 Å². The molecule has 2 aromatic carbocycles. The van der Waals surface area contributed by atoms with E-state index in [1.54, 1.807) is 23.7 Å². The van der Waals surface area contributed by atoms with Crippen LogP contribution in [-0.2, 0) is 6.54 Å². The van der Waals surface area contributed by atoms with Gasteiger partial charge in [-0.1, -0.05) is 24.3 Å². The van der Waals surface area contributed by atoms with Gasteiger partial charge < -0.3 is 21.1 Å². The molecule has 1 amide bonds. The smallest absolute Gasteiger partial charge is 0.252 e. The van der Waals surface area contributed by atoms with E-state index in [0.717, 1.165) is 53.9 Å². The summed E-state index contributed by atoms with van der Waals surface area (Å²) in [6.45, 7) is 4.78. The third kappa shape index (κ3) is 6.28. The number of benzene rings is 2. The van der Waals surface area contributed by atoms with Crippen molar-refractivity contribution in [1.29, 1.82) is 0 Å². The summed E-state index contributed by atoms with van der Waals surface area (Å²) >= 11 is 1.78. The maximum Gasteiger partial charge on any atom is 0.252 e. The Labute approximate surface area is 221 Å². The van der Waals surface area contributed by atoms with Crippen molar-refractivity contribution >= 4 is 28.6 Å². The van der Waals surface area contributed by atoms with E-state index >= 15 is 0 Å². The Morgan fingerprint density at radius 3 is 2.84 bits per heavy atom. The highest BCUT2D eigenvalue weighted by atomic mass is 32.1. The Morgan fingerprint density at radius 2 is 2.05 bits per heavy atom. The molecule has 1 aliphatic rings. The fourth-order valence-electron chi connectivity index (χ4n) is 4.77. The van der Waals surface area contributed by atoms with Gasteiger partial charge in [0, 0.05) is 39.8 Å². The fraction of sp³-hybridized carbons (Fsp3) is 0.310. The Balaban J connectivity index is 1.23. The van der Waals surface area contributed by atoms with E-state index in [9.17, 15) is 9.90 Å². The summed E-state index contributed by atoms with van der Waals surface area (Å²) in [7, 11) is 0. The highest BCUT2D eigenvalue weighted by Crippen LogP contribution is 2.31. The quantitative estimate of drug-likeness (QED) is 0.197. The molecule has 1 unspecified atom stereocenters. The monoisotopic (exact) mass is 515 g/mol. The molecule has 37 heavy (non-hydrogen) atoms. The Bertz CT molecular complexity index is 1350. The summed E-state index contributed by atoms with van der Waals surface area (Å²) in [6, 6.07) is 18.7. The Morgan fingerprint density at radius 1 is 1.16 bits per heavy atom. The number of nitrogens with zero attached hydrogens (tertiary/aromatic N) is 1. The van der Waals surface area contributed by atoms with Gasteiger partial charge in [0.2, 0.25) is 0 Å². The van der Waals surface area contributed by atoms with E-state index in [2.05, 4.69) is 56.5 Å². The molecule has 0 bridgehead atoms. The Kier molecular flexibility index (Phi) is 7.69. The molecular formula is C29H33N5O2S. The van der Waals surface area contributed by atoms with Crippen LogP contribution in [0.2, 0.25) is 0 Å². The van der Waals surface area contributed by atoms with Crippen molar-refractivity contribution in [3.63, 3.8) is 0 Å². The summed E-state index contributed by atoms with van der Waals surface area (Å²) in [4.78, 5) is 15.7. The first-order valence-electron chi connectivity index (χ1n) is 12.7. The number of anilines is 2. The van der Waals surface area contributed by atoms with Crippen LogP contribution >= 0.6 is 11.3 Å². The molecule has 2 aromatic heterocycles. The van der Waals surface area contributed by atoms with E-state index in [1.807, 2.05) is 38.1 Å². The van der Waals surface area contributed by atoms with Crippen molar-refractivity contribution in [2.24, 2.45) is 0 Å². The second kappa shape index (κ2) is 11.3. The number of amides is 1. The van der Waals surface area contributed by atoms with Crippen LogP contribution < -0.4 is 16.0 Å². The molecule has 1 aliphatic carbocycles. The number of nitrogens with one attached hydrogen (secondary N) is 4. The minimum atomic E-state index is -0.159. The first-order chi connectivity index (χ1) is 17.9. The molecule has 7 nitrogen and oxygen atoms in total. The van der Waals surface area contributed by atoms with Gasteiger partial charge in [-0.2, -0.15) is 5.10 Å². The predicted molar refractivity (Wildman–Crippen MR) is 149 cm³/mol. The van der Waals surface area contributed by atoms with E-state index in [1.165, 1.54) is 9.75 Å². The zero-order valence-electron chi connectivity index (χ0n) is 21.1. The van der Waals surface area contributed by atoms with Gasteiger partial charge in [0.15, 0.2) is 0 Å². The van der Waals surface area contributed by atoms with Crippen LogP contribution in [0.15, 0.2) is 67.0 Å². The first-order valence-corrected chi connectivity index (χ1v) is 13.5. The molecule has 1 saturated carbocycles. The molecule has 0 radical (unpaired) electrons. The zero-order valence-corrected chi connectivity index (χ0v) is 21.9. The number of aromatic nitrogens is 2. The minimum Gasteiger partial charge on any atom is -0.393 e. The van der Waals surface area contributed by atoms with Gasteiger partial charge in [-0.15, -0.1) is 11.3 Å². The van der Waals surface area contributed by atoms with Gasteiger partial charge in [0.05, 0.1) is 24.0 Å². The molecule has 4 aromatic rings. The van der Waals surface area contributed by atoms with Crippen LogP contribution in [-0.4, -0.2) is 33.4 Å². The lowest BCUT2D eigenvalue weighted by Crippen LogP contribution is -2.27. The second-order valence-electron chi connectivity index (χ2n) is 9.77. The maximum atomic E-state index is 13.2. The zero-order chi connectivity index (χ0) is 25.8. The van der Waals surface area contributed by atoms with Gasteiger partial charge in [-0.3, -0.25) is 9.89 Å². The lowest BCUT2D eigenvalue weighted by molar-refractivity contribution is 0.0939. The standard InChI is InChI=1S/C29H33N5O2S/c1-18-6-7-23(34-24-15-31-32-16-24)14-27(18)29(36)33-19(2)20-4-3-5-21(12-20)28-11-10-26(37-28)17-30-22-8-9-25(35)13-22/h3-7,10-12,14-16,19,22,25,30,34-35H,8-9,13,17H2,1-2H3,(H,31,32)(H,33,36)/t19-,22?,25-/m1/s1. The van der Waals surface area contributed by atoms with E-state index in [-0.39, 0.29) is 18.1 Å². The number of carbonyl (C=O) groups is 1. The number of aryl methyl sites for hydroxylation is 1. The molecule has 192 valence electrons. The summed E-state index contributed by atoms with van der Waals surface area (Å²) in [5, 5.41) is 26.5. The largest absolute Gasteiger partial charge is 0.393 e. The van der Waals surface area contributed by atoms with Crippen molar-refractivity contribution in [1.82, 2.24) is 20.8 Å². The van der Waals surface area contributed by atoms with Gasteiger partial charge in [0.1, 0.15) is 0 Å². The van der Waals surface area contributed by atoms with Crippen molar-refractivity contribution in [3.8, 4) is 10.4 Å². The van der Waals surface area contributed by atoms with Crippen LogP contribution in [0.1, 0.15) is 58.6 Å². The van der Waals surface area contributed by atoms with Crippen molar-refractivity contribution < 1.29 is 9.90 Å². The van der Waals surface area contributed by atoms with E-state index in [4.69, 9.17) is 0 Å². The number of carbonyl (C=O) groups excluding carboxylic acids is 1. The molecule has 5 rings (SSSR count). The number of aliphatic hydroxyl groups is 1. The number of H-pyrrole nitrogens is 1. The molecule has 0 spiro atoms. The maximum absolute atomic E-state index is 13.2. The van der Waals surface area contributed by atoms with E-state index in [0.29, 0.717) is 11.6 Å². The number of aromatic amines is 1. The number of rotatable bonds is 9. The van der Waals surface area contributed by atoms with Crippen molar-refractivity contribution in [2.75, 3.05) is 5.32 Å². The topological polar surface area (TPSA) is 102 Å². The lowest BCUT2D eigenvalue weighted by Gasteiger charge is -2.17. The highest BCUT2D eigenvalue weighted by molar-refractivity contribution is 7.15. The SMILES string of the molecule is Cc1ccc(Nc2cn[nH]c2)cc1C(=O)N[C@H](C)c1cccc(-c2ccc(CNC3CC[C@@H](O)C3)s2)c1. The fourth-order valence-corrected chi connectivity index (χ4v) is 5.72. The predicted octanol–water partition coefficient (Wildman–Crippen LogP) is 5.68. The van der Waals surface area contributed by atoms with Crippen LogP contribution in [0, 0.1) is 6.92 Å². The average Bonchev–Trinajstić information content (AvgIpc) is 3.67. The molecule has 0 saturated heterocycles.